The van der Waals surface area contributed by atoms with Crippen LogP contribution in [-0.2, 0) is 0 Å². The van der Waals surface area contributed by atoms with Gasteiger partial charge in [-0.1, -0.05) is 13.0 Å². The van der Waals surface area contributed by atoms with Crippen LogP contribution >= 0.6 is 0 Å². The summed E-state index contributed by atoms with van der Waals surface area (Å²) in [6, 6.07) is 5.04. The molecule has 1 heterocycles. The Morgan fingerprint density at radius 1 is 1.30 bits per heavy atom. The van der Waals surface area contributed by atoms with E-state index in [1.54, 1.807) is 22.9 Å². The zero-order valence-electron chi connectivity index (χ0n) is 19.2. The van der Waals surface area contributed by atoms with Gasteiger partial charge in [0.25, 0.3) is 5.91 Å². The van der Waals surface area contributed by atoms with E-state index < -0.39 is 0 Å². The topological polar surface area (TPSA) is 85.4 Å². The fourth-order valence-electron chi connectivity index (χ4n) is 3.51. The minimum Gasteiger partial charge on any atom is -0.485 e. The van der Waals surface area contributed by atoms with Gasteiger partial charge in [0, 0.05) is 39.6 Å². The first-order valence-electron chi connectivity index (χ1n) is 10.5. The highest BCUT2D eigenvalue weighted by Gasteiger charge is 2.35. The van der Waals surface area contributed by atoms with Gasteiger partial charge in [0.1, 0.15) is 6.10 Å². The molecule has 1 aliphatic rings. The standard InChI is InChI=1S/C22H36N4O4/c1-14(2)23-22(29)25(7)12-19-15(3)11-26(16(4)13-27)21(28)17-9-8-10-18(24(5)6)20(17)30-19/h8-10,14-16,19,27H,11-13H2,1-7H3,(H,23,29)/t15-,16-,19+/m1/s1. The third-order valence-electron chi connectivity index (χ3n) is 5.36. The van der Waals surface area contributed by atoms with Crippen LogP contribution in [0.25, 0.3) is 0 Å². The summed E-state index contributed by atoms with van der Waals surface area (Å²) in [5, 5.41) is 12.6. The van der Waals surface area contributed by atoms with Crippen LogP contribution in [-0.4, -0.2) is 85.9 Å². The summed E-state index contributed by atoms with van der Waals surface area (Å²) in [6.07, 6.45) is -0.325. The molecule has 0 saturated carbocycles. The van der Waals surface area contributed by atoms with Crippen molar-refractivity contribution >= 4 is 17.6 Å². The van der Waals surface area contributed by atoms with Crippen LogP contribution in [0.1, 0.15) is 38.1 Å². The number of likely N-dealkylation sites (N-methyl/N-ethyl adjacent to an activating group) is 1. The van der Waals surface area contributed by atoms with Crippen molar-refractivity contribution in [3.63, 3.8) is 0 Å². The number of carbonyl (C=O) groups is 2. The predicted octanol–water partition coefficient (Wildman–Crippen LogP) is 2.02. The van der Waals surface area contributed by atoms with E-state index in [9.17, 15) is 14.7 Å². The maximum absolute atomic E-state index is 13.3. The Morgan fingerprint density at radius 3 is 2.53 bits per heavy atom. The van der Waals surface area contributed by atoms with E-state index in [-0.39, 0.29) is 42.7 Å². The van der Waals surface area contributed by atoms with E-state index in [0.717, 1.165) is 5.69 Å². The van der Waals surface area contributed by atoms with Gasteiger partial charge in [-0.3, -0.25) is 4.79 Å². The number of anilines is 1. The summed E-state index contributed by atoms with van der Waals surface area (Å²) < 4.78 is 6.43. The van der Waals surface area contributed by atoms with Crippen LogP contribution in [0, 0.1) is 5.92 Å². The van der Waals surface area contributed by atoms with Crippen molar-refractivity contribution in [3.8, 4) is 5.75 Å². The number of carbonyl (C=O) groups excluding carboxylic acids is 2. The zero-order valence-corrected chi connectivity index (χ0v) is 19.2. The van der Waals surface area contributed by atoms with Crippen LogP contribution in [0.2, 0.25) is 0 Å². The zero-order chi connectivity index (χ0) is 22.6. The SMILES string of the molecule is CC(C)NC(=O)N(C)C[C@@H]1Oc2c(cccc2N(C)C)C(=O)N([C@H](C)CO)C[C@H]1C. The Balaban J connectivity index is 2.45. The Morgan fingerprint density at radius 2 is 1.97 bits per heavy atom. The number of ether oxygens (including phenoxy) is 1. The lowest BCUT2D eigenvalue weighted by Crippen LogP contribution is -2.51. The van der Waals surface area contributed by atoms with Crippen LogP contribution in [0.3, 0.4) is 0 Å². The number of nitrogens with one attached hydrogen (secondary N) is 1. The van der Waals surface area contributed by atoms with E-state index in [1.165, 1.54) is 0 Å². The second-order valence-electron chi connectivity index (χ2n) is 8.66. The van der Waals surface area contributed by atoms with Gasteiger partial charge in [0.05, 0.1) is 30.4 Å². The second-order valence-corrected chi connectivity index (χ2v) is 8.66. The number of para-hydroxylation sites is 1. The second kappa shape index (κ2) is 10.0. The van der Waals surface area contributed by atoms with Gasteiger partial charge in [-0.25, -0.2) is 4.79 Å². The maximum atomic E-state index is 13.3. The molecule has 2 N–H and O–H groups in total. The Kier molecular flexibility index (Phi) is 7.95. The van der Waals surface area contributed by atoms with Crippen LogP contribution in [0.4, 0.5) is 10.5 Å². The number of urea groups is 1. The van der Waals surface area contributed by atoms with Gasteiger partial charge in [-0.2, -0.15) is 0 Å². The van der Waals surface area contributed by atoms with Crippen molar-refractivity contribution in [1.29, 1.82) is 0 Å². The molecule has 0 aromatic heterocycles. The fraction of sp³-hybridized carbons (Fsp3) is 0.636. The summed E-state index contributed by atoms with van der Waals surface area (Å²) in [5.41, 5.74) is 1.26. The van der Waals surface area contributed by atoms with Crippen molar-refractivity contribution in [2.75, 3.05) is 45.7 Å². The number of nitrogens with zero attached hydrogens (tertiary/aromatic N) is 3. The summed E-state index contributed by atoms with van der Waals surface area (Å²) in [4.78, 5) is 31.0. The van der Waals surface area contributed by atoms with Crippen LogP contribution in [0.5, 0.6) is 5.75 Å². The first-order valence-corrected chi connectivity index (χ1v) is 10.5. The molecule has 0 fully saturated rings. The monoisotopic (exact) mass is 420 g/mol. The van der Waals surface area contributed by atoms with Crippen LogP contribution < -0.4 is 15.0 Å². The molecule has 168 valence electrons. The third kappa shape index (κ3) is 5.36. The molecule has 3 atom stereocenters. The maximum Gasteiger partial charge on any atom is 0.317 e. The molecule has 0 aliphatic carbocycles. The molecule has 30 heavy (non-hydrogen) atoms. The molecule has 2 rings (SSSR count). The number of aliphatic hydroxyl groups is 1. The molecular weight excluding hydrogens is 384 g/mol. The predicted molar refractivity (Wildman–Crippen MR) is 118 cm³/mol. The molecule has 0 saturated heterocycles. The lowest BCUT2D eigenvalue weighted by Gasteiger charge is -2.39. The number of hydrogen-bond donors (Lipinski definition) is 2. The normalized spacial score (nSPS) is 20.0. The Labute approximate surface area is 179 Å². The van der Waals surface area contributed by atoms with Gasteiger partial charge in [-0.05, 0) is 32.9 Å². The third-order valence-corrected chi connectivity index (χ3v) is 5.36. The Bertz CT molecular complexity index is 753. The summed E-state index contributed by atoms with van der Waals surface area (Å²) in [5.74, 6) is 0.295. The average molecular weight is 421 g/mol. The molecule has 8 nitrogen and oxygen atoms in total. The number of aliphatic hydroxyl groups excluding tert-OH is 1. The quantitative estimate of drug-likeness (QED) is 0.736. The van der Waals surface area contributed by atoms with Crippen molar-refractivity contribution in [1.82, 2.24) is 15.1 Å². The molecule has 0 radical (unpaired) electrons. The van der Waals surface area contributed by atoms with Gasteiger partial charge in [0.15, 0.2) is 5.75 Å². The lowest BCUT2D eigenvalue weighted by molar-refractivity contribution is 0.0368. The minimum absolute atomic E-state index is 0.0372. The molecular formula is C22H36N4O4. The number of hydrogen-bond acceptors (Lipinski definition) is 5. The largest absolute Gasteiger partial charge is 0.485 e. The molecule has 0 spiro atoms. The van der Waals surface area contributed by atoms with E-state index in [4.69, 9.17) is 4.74 Å². The summed E-state index contributed by atoms with van der Waals surface area (Å²) >= 11 is 0. The number of benzene rings is 1. The van der Waals surface area contributed by atoms with Gasteiger partial charge in [0.2, 0.25) is 0 Å². The van der Waals surface area contributed by atoms with Crippen molar-refractivity contribution in [2.45, 2.75) is 45.9 Å². The van der Waals surface area contributed by atoms with Gasteiger partial charge in [-0.15, -0.1) is 0 Å². The fourth-order valence-corrected chi connectivity index (χ4v) is 3.51. The summed E-state index contributed by atoms with van der Waals surface area (Å²) in [6.45, 7) is 8.35. The minimum atomic E-state index is -0.325. The lowest BCUT2D eigenvalue weighted by atomic mass is 9.99. The molecule has 1 aliphatic heterocycles. The molecule has 8 heteroatoms. The van der Waals surface area contributed by atoms with E-state index in [0.29, 0.717) is 24.4 Å². The molecule has 1 aromatic rings. The number of fused-ring (bicyclic) bond motifs is 1. The van der Waals surface area contributed by atoms with E-state index in [2.05, 4.69) is 5.32 Å². The molecule has 0 unspecified atom stereocenters. The van der Waals surface area contributed by atoms with Crippen molar-refractivity contribution in [2.24, 2.45) is 5.92 Å². The van der Waals surface area contributed by atoms with E-state index in [1.807, 2.05) is 58.8 Å². The summed E-state index contributed by atoms with van der Waals surface area (Å²) in [7, 11) is 5.54. The molecule has 3 amide bonds. The van der Waals surface area contributed by atoms with Crippen molar-refractivity contribution < 1.29 is 19.4 Å². The smallest absolute Gasteiger partial charge is 0.317 e. The molecule has 0 bridgehead atoms. The molecule has 1 aromatic carbocycles. The Hall–Kier alpha value is -2.48. The van der Waals surface area contributed by atoms with Gasteiger partial charge < -0.3 is 29.9 Å². The highest BCUT2D eigenvalue weighted by atomic mass is 16.5. The van der Waals surface area contributed by atoms with Crippen molar-refractivity contribution in [3.05, 3.63) is 23.8 Å². The average Bonchev–Trinajstić information content (AvgIpc) is 2.68. The first kappa shape index (κ1) is 23.8. The van der Waals surface area contributed by atoms with Crippen LogP contribution in [0.15, 0.2) is 18.2 Å². The highest BCUT2D eigenvalue weighted by molar-refractivity contribution is 5.99. The highest BCUT2D eigenvalue weighted by Crippen LogP contribution is 2.36. The van der Waals surface area contributed by atoms with Gasteiger partial charge >= 0.3 is 6.03 Å². The first-order chi connectivity index (χ1) is 14.1. The van der Waals surface area contributed by atoms with E-state index >= 15 is 0 Å². The number of rotatable bonds is 6. The number of amides is 3.